The first-order valence-corrected chi connectivity index (χ1v) is 17.2. The minimum Gasteiger partial charge on any atom is -0.366 e. The van der Waals surface area contributed by atoms with Crippen molar-refractivity contribution in [3.05, 3.63) is 88.6 Å². The van der Waals surface area contributed by atoms with Crippen molar-refractivity contribution in [1.29, 1.82) is 0 Å². The number of allylic oxidation sites excluding steroid dienone is 1. The van der Waals surface area contributed by atoms with Gasteiger partial charge in [0.1, 0.15) is 11.5 Å². The summed E-state index contributed by atoms with van der Waals surface area (Å²) >= 11 is 0. The quantitative estimate of drug-likeness (QED) is 0.268. The summed E-state index contributed by atoms with van der Waals surface area (Å²) in [6.45, 7) is 17.0. The van der Waals surface area contributed by atoms with Crippen LogP contribution in [-0.2, 0) is 16.3 Å². The summed E-state index contributed by atoms with van der Waals surface area (Å²) < 4.78 is 43.5. The van der Waals surface area contributed by atoms with Crippen LogP contribution >= 0.6 is 0 Å². The maximum absolute atomic E-state index is 15.4. The average molecular weight is 645 g/mol. The van der Waals surface area contributed by atoms with Crippen LogP contribution in [0.3, 0.4) is 0 Å². The summed E-state index contributed by atoms with van der Waals surface area (Å²) in [5.74, 6) is -0.229. The summed E-state index contributed by atoms with van der Waals surface area (Å²) in [7, 11) is -3.83. The Balaban J connectivity index is 1.46. The zero-order chi connectivity index (χ0) is 33.1. The SMILES string of the molecule is C=C(c1cc2cnc(Nc3ccc(N4C[C@@H](C)N[C@@H](C)C4)c(F)c3)nc2n(C2Cc3ccccc3S(=O)(=O)C2(C)C)c1=O)C(C)C. The second-order valence-electron chi connectivity index (χ2n) is 13.5. The molecule has 0 saturated carbocycles. The number of anilines is 3. The number of rotatable bonds is 6. The van der Waals surface area contributed by atoms with Crippen molar-refractivity contribution in [2.75, 3.05) is 23.3 Å². The number of pyridine rings is 1. The first kappa shape index (κ1) is 31.9. The molecule has 0 radical (unpaired) electrons. The van der Waals surface area contributed by atoms with E-state index in [-0.39, 0.29) is 45.9 Å². The number of benzene rings is 2. The lowest BCUT2D eigenvalue weighted by Crippen LogP contribution is -2.54. The highest BCUT2D eigenvalue weighted by atomic mass is 32.2. The zero-order valence-corrected chi connectivity index (χ0v) is 28.0. The number of halogens is 1. The van der Waals surface area contributed by atoms with Crippen LogP contribution in [0.25, 0.3) is 16.6 Å². The highest BCUT2D eigenvalue weighted by molar-refractivity contribution is 7.93. The molecule has 2 N–H and O–H groups in total. The van der Waals surface area contributed by atoms with Gasteiger partial charge in [0, 0.05) is 48.0 Å². The van der Waals surface area contributed by atoms with E-state index in [2.05, 4.69) is 36.0 Å². The molecule has 4 aromatic rings. The molecule has 1 unspecified atom stereocenters. The van der Waals surface area contributed by atoms with Crippen LogP contribution in [0.5, 0.6) is 0 Å². The molecule has 9 nitrogen and oxygen atoms in total. The van der Waals surface area contributed by atoms with Crippen molar-refractivity contribution in [3.8, 4) is 0 Å². The predicted octanol–water partition coefficient (Wildman–Crippen LogP) is 5.88. The maximum atomic E-state index is 15.4. The molecule has 11 heteroatoms. The van der Waals surface area contributed by atoms with E-state index in [0.717, 1.165) is 0 Å². The Kier molecular flexibility index (Phi) is 8.05. The number of hydrogen-bond acceptors (Lipinski definition) is 8. The molecule has 1 fully saturated rings. The lowest BCUT2D eigenvalue weighted by molar-refractivity contribution is 0.370. The molecule has 2 aliphatic heterocycles. The largest absolute Gasteiger partial charge is 0.366 e. The lowest BCUT2D eigenvalue weighted by atomic mass is 9.92. The lowest BCUT2D eigenvalue weighted by Gasteiger charge is -2.40. The molecule has 0 amide bonds. The van der Waals surface area contributed by atoms with Crippen LogP contribution in [0.1, 0.15) is 58.7 Å². The fourth-order valence-corrected chi connectivity index (χ4v) is 8.63. The number of sulfone groups is 1. The molecule has 0 aliphatic carbocycles. The minimum absolute atomic E-state index is 0.0187. The van der Waals surface area contributed by atoms with Gasteiger partial charge in [0.15, 0.2) is 9.84 Å². The summed E-state index contributed by atoms with van der Waals surface area (Å²) in [5.41, 5.74) is 2.59. The normalized spacial score (nSPS) is 22.1. The maximum Gasteiger partial charge on any atom is 0.260 e. The van der Waals surface area contributed by atoms with Gasteiger partial charge < -0.3 is 15.5 Å². The molecule has 2 aromatic heterocycles. The smallest absolute Gasteiger partial charge is 0.260 e. The number of nitrogens with one attached hydrogen (secondary N) is 2. The van der Waals surface area contributed by atoms with Crippen LogP contribution in [-0.4, -0.2) is 52.9 Å². The Morgan fingerprint density at radius 2 is 1.80 bits per heavy atom. The van der Waals surface area contributed by atoms with Gasteiger partial charge in [-0.25, -0.2) is 17.8 Å². The Morgan fingerprint density at radius 1 is 1.11 bits per heavy atom. The topological polar surface area (TPSA) is 109 Å². The molecular weight excluding hydrogens is 603 g/mol. The van der Waals surface area contributed by atoms with E-state index >= 15 is 4.39 Å². The van der Waals surface area contributed by atoms with Gasteiger partial charge >= 0.3 is 0 Å². The Hall–Kier alpha value is -4.09. The van der Waals surface area contributed by atoms with Gasteiger partial charge in [0.2, 0.25) is 5.95 Å². The van der Waals surface area contributed by atoms with Crippen LogP contribution in [0.15, 0.2) is 71.0 Å². The molecule has 0 bridgehead atoms. The van der Waals surface area contributed by atoms with Crippen molar-refractivity contribution in [2.24, 2.45) is 5.92 Å². The number of fused-ring (bicyclic) bond motifs is 2. The van der Waals surface area contributed by atoms with Crippen LogP contribution in [0, 0.1) is 11.7 Å². The highest BCUT2D eigenvalue weighted by Gasteiger charge is 2.49. The van der Waals surface area contributed by atoms with Crippen LogP contribution in [0.4, 0.5) is 21.7 Å². The van der Waals surface area contributed by atoms with Gasteiger partial charge in [0.25, 0.3) is 5.56 Å². The molecule has 3 atom stereocenters. The first-order valence-electron chi connectivity index (χ1n) is 15.7. The molecule has 6 rings (SSSR count). The van der Waals surface area contributed by atoms with E-state index in [1.807, 2.05) is 18.7 Å². The molecular formula is C35H41FN6O3S. The zero-order valence-electron chi connectivity index (χ0n) is 27.1. The third-order valence-electron chi connectivity index (χ3n) is 9.40. The number of piperazine rings is 1. The van der Waals surface area contributed by atoms with E-state index in [4.69, 9.17) is 4.98 Å². The van der Waals surface area contributed by atoms with E-state index in [0.29, 0.717) is 53.0 Å². The second kappa shape index (κ2) is 11.6. The summed E-state index contributed by atoms with van der Waals surface area (Å²) in [6.07, 6.45) is 1.92. The number of nitrogens with zero attached hydrogens (tertiary/aromatic N) is 4. The third kappa shape index (κ3) is 5.39. The van der Waals surface area contributed by atoms with Crippen molar-refractivity contribution in [2.45, 2.75) is 75.7 Å². The van der Waals surface area contributed by atoms with E-state index in [9.17, 15) is 13.2 Å². The van der Waals surface area contributed by atoms with Gasteiger partial charge in [-0.2, -0.15) is 4.98 Å². The standard InChI is InChI=1S/C35H41FN6O3S/c1-20(2)23(5)27-14-25-17-37-34(39-26-12-13-29(28(36)16-26)41-18-21(3)38-22(4)19-41)40-32(25)42(33(27)43)31-15-24-10-8-9-11-30(24)46(44,45)35(31,6)7/h8-14,16-17,20-22,31,38H,5,15,18-19H2,1-4,6-7H3,(H,37,39,40)/t21-,22+,31?. The summed E-state index contributed by atoms with van der Waals surface area (Å²) in [4.78, 5) is 25.9. The Bertz CT molecular complexity index is 2010. The fraction of sp³-hybridized carbons (Fsp3) is 0.400. The molecule has 46 heavy (non-hydrogen) atoms. The first-order chi connectivity index (χ1) is 21.7. The monoisotopic (exact) mass is 644 g/mol. The molecule has 4 heterocycles. The summed E-state index contributed by atoms with van der Waals surface area (Å²) in [6, 6.07) is 13.3. The van der Waals surface area contributed by atoms with Gasteiger partial charge in [-0.3, -0.25) is 9.36 Å². The van der Waals surface area contributed by atoms with Crippen molar-refractivity contribution in [3.63, 3.8) is 0 Å². The Labute approximate surface area is 269 Å². The molecule has 242 valence electrons. The van der Waals surface area contributed by atoms with Crippen molar-refractivity contribution in [1.82, 2.24) is 19.9 Å². The third-order valence-corrected chi connectivity index (χ3v) is 12.0. The van der Waals surface area contributed by atoms with Crippen LogP contribution in [0.2, 0.25) is 0 Å². The van der Waals surface area contributed by atoms with Gasteiger partial charge in [-0.1, -0.05) is 38.6 Å². The van der Waals surface area contributed by atoms with E-state index < -0.39 is 20.6 Å². The van der Waals surface area contributed by atoms with Gasteiger partial charge in [0.05, 0.1) is 21.4 Å². The van der Waals surface area contributed by atoms with E-state index in [1.54, 1.807) is 62.5 Å². The second-order valence-corrected chi connectivity index (χ2v) is 16.0. The molecule has 2 aliphatic rings. The van der Waals surface area contributed by atoms with Crippen LogP contribution < -0.4 is 21.1 Å². The average Bonchev–Trinajstić information content (AvgIpc) is 2.98. The Morgan fingerprint density at radius 3 is 2.48 bits per heavy atom. The number of aromatic nitrogens is 3. The van der Waals surface area contributed by atoms with E-state index in [1.165, 1.54) is 10.6 Å². The van der Waals surface area contributed by atoms with Gasteiger partial charge in [-0.05, 0) is 81.5 Å². The van der Waals surface area contributed by atoms with Crippen molar-refractivity contribution < 1.29 is 12.8 Å². The molecule has 0 spiro atoms. The molecule has 1 saturated heterocycles. The van der Waals surface area contributed by atoms with Gasteiger partial charge in [-0.15, -0.1) is 0 Å². The number of hydrogen-bond donors (Lipinski definition) is 2. The minimum atomic E-state index is -3.83. The highest BCUT2D eigenvalue weighted by Crippen LogP contribution is 2.44. The summed E-state index contributed by atoms with van der Waals surface area (Å²) in [5, 5.41) is 7.13. The fourth-order valence-electron chi connectivity index (χ4n) is 6.76. The van der Waals surface area contributed by atoms with Crippen molar-refractivity contribution >= 4 is 43.8 Å². The predicted molar refractivity (Wildman–Crippen MR) is 182 cm³/mol. The molecule has 2 aromatic carbocycles.